The summed E-state index contributed by atoms with van der Waals surface area (Å²) in [5.41, 5.74) is 3.25. The Labute approximate surface area is 142 Å². The summed E-state index contributed by atoms with van der Waals surface area (Å²) in [4.78, 5) is 10.9. The molecule has 0 saturated carbocycles. The summed E-state index contributed by atoms with van der Waals surface area (Å²) in [6.07, 6.45) is 1.70. The van der Waals surface area contributed by atoms with Gasteiger partial charge in [-0.25, -0.2) is 4.98 Å². The molecule has 0 saturated heterocycles. The molecule has 0 N–H and O–H groups in total. The fraction of sp³-hybridized carbons (Fsp3) is 0.389. The van der Waals surface area contributed by atoms with E-state index < -0.39 is 0 Å². The smallest absolute Gasteiger partial charge is 0.254 e. The number of rotatable bonds is 5. The maximum Gasteiger partial charge on any atom is 0.254 e. The fourth-order valence-corrected chi connectivity index (χ4v) is 2.80. The van der Waals surface area contributed by atoms with Crippen LogP contribution < -0.4 is 9.64 Å². The minimum Gasteiger partial charge on any atom is -0.491 e. The van der Waals surface area contributed by atoms with Gasteiger partial charge in [-0.3, -0.25) is 0 Å². The molecular formula is C18H23N5O. The first-order valence-electron chi connectivity index (χ1n) is 8.09. The molecule has 0 atom stereocenters. The summed E-state index contributed by atoms with van der Waals surface area (Å²) < 4.78 is 7.58. The average Bonchev–Trinajstić information content (AvgIpc) is 2.95. The Bertz CT molecular complexity index is 856. The number of aryl methyl sites for hydroxylation is 1. The van der Waals surface area contributed by atoms with E-state index in [4.69, 9.17) is 4.74 Å². The summed E-state index contributed by atoms with van der Waals surface area (Å²) in [6, 6.07) is 8.20. The molecule has 2 heterocycles. The lowest BCUT2D eigenvalue weighted by molar-refractivity contribution is 0.242. The zero-order valence-corrected chi connectivity index (χ0v) is 14.8. The molecule has 6 nitrogen and oxygen atoms in total. The summed E-state index contributed by atoms with van der Waals surface area (Å²) in [6.45, 7) is 8.87. The van der Waals surface area contributed by atoms with Crippen molar-refractivity contribution in [2.45, 2.75) is 40.3 Å². The van der Waals surface area contributed by atoms with E-state index in [1.165, 1.54) is 11.9 Å². The predicted molar refractivity (Wildman–Crippen MR) is 94.6 cm³/mol. The molecule has 0 aliphatic heterocycles. The van der Waals surface area contributed by atoms with Crippen LogP contribution >= 0.6 is 0 Å². The Morgan fingerprint density at radius 3 is 2.79 bits per heavy atom. The van der Waals surface area contributed by atoms with Gasteiger partial charge in [0.05, 0.1) is 6.10 Å². The second-order valence-electron chi connectivity index (χ2n) is 6.29. The molecule has 0 fully saturated rings. The molecular weight excluding hydrogens is 302 g/mol. The number of fused-ring (bicyclic) bond motifs is 1. The Kier molecular flexibility index (Phi) is 4.38. The normalized spacial score (nSPS) is 11.2. The van der Waals surface area contributed by atoms with Gasteiger partial charge < -0.3 is 9.64 Å². The Balaban J connectivity index is 1.92. The van der Waals surface area contributed by atoms with Crippen LogP contribution in [0.1, 0.15) is 30.7 Å². The van der Waals surface area contributed by atoms with Crippen molar-refractivity contribution in [1.82, 2.24) is 19.6 Å². The molecule has 3 aromatic rings. The predicted octanol–water partition coefficient (Wildman–Crippen LogP) is 3.16. The van der Waals surface area contributed by atoms with E-state index in [1.807, 2.05) is 32.9 Å². The van der Waals surface area contributed by atoms with Gasteiger partial charge in [-0.2, -0.15) is 14.6 Å². The Morgan fingerprint density at radius 2 is 2.04 bits per heavy atom. The monoisotopic (exact) mass is 325 g/mol. The lowest BCUT2D eigenvalue weighted by atomic mass is 10.2. The molecule has 0 radical (unpaired) electrons. The maximum atomic E-state index is 5.79. The third-order valence-corrected chi connectivity index (χ3v) is 3.93. The highest BCUT2D eigenvalue weighted by Gasteiger charge is 2.15. The lowest BCUT2D eigenvalue weighted by Gasteiger charge is -2.23. The number of hydrogen-bond acceptors (Lipinski definition) is 5. The summed E-state index contributed by atoms with van der Waals surface area (Å²) in [5.74, 6) is 2.52. The third kappa shape index (κ3) is 3.18. The van der Waals surface area contributed by atoms with E-state index >= 15 is 0 Å². The highest BCUT2D eigenvalue weighted by Crippen LogP contribution is 2.24. The minimum atomic E-state index is 0.165. The van der Waals surface area contributed by atoms with Crippen LogP contribution in [-0.4, -0.2) is 32.7 Å². The van der Waals surface area contributed by atoms with Gasteiger partial charge in [0.2, 0.25) is 0 Å². The van der Waals surface area contributed by atoms with Gasteiger partial charge in [0.1, 0.15) is 17.9 Å². The van der Waals surface area contributed by atoms with Crippen LogP contribution in [0.2, 0.25) is 0 Å². The molecule has 0 bridgehead atoms. The van der Waals surface area contributed by atoms with Crippen LogP contribution in [0.25, 0.3) is 5.78 Å². The maximum absolute atomic E-state index is 5.79. The van der Waals surface area contributed by atoms with Crippen LogP contribution in [0.4, 0.5) is 5.82 Å². The number of benzene rings is 1. The molecule has 3 rings (SSSR count). The van der Waals surface area contributed by atoms with E-state index in [2.05, 4.69) is 46.1 Å². The van der Waals surface area contributed by atoms with Crippen LogP contribution in [0.3, 0.4) is 0 Å². The third-order valence-electron chi connectivity index (χ3n) is 3.93. The lowest BCUT2D eigenvalue weighted by Crippen LogP contribution is -2.22. The van der Waals surface area contributed by atoms with E-state index in [9.17, 15) is 0 Å². The molecule has 6 heteroatoms. The number of ether oxygens (including phenoxy) is 1. The largest absolute Gasteiger partial charge is 0.491 e. The average molecular weight is 325 g/mol. The molecule has 0 spiro atoms. The number of aromatic nitrogens is 4. The van der Waals surface area contributed by atoms with Gasteiger partial charge in [0, 0.05) is 24.8 Å². The zero-order chi connectivity index (χ0) is 17.3. The minimum absolute atomic E-state index is 0.165. The quantitative estimate of drug-likeness (QED) is 0.721. The molecule has 2 aromatic heterocycles. The van der Waals surface area contributed by atoms with Crippen molar-refractivity contribution in [3.63, 3.8) is 0 Å². The van der Waals surface area contributed by atoms with Crippen molar-refractivity contribution in [2.24, 2.45) is 0 Å². The van der Waals surface area contributed by atoms with Gasteiger partial charge in [0.15, 0.2) is 0 Å². The number of hydrogen-bond donors (Lipinski definition) is 0. The topological polar surface area (TPSA) is 55.5 Å². The SMILES string of the molecule is Cc1nc2ncnn2c(N(C)Cc2cccc(OC(C)C)c2)c1C. The zero-order valence-electron chi connectivity index (χ0n) is 14.8. The second kappa shape index (κ2) is 6.47. The molecule has 0 unspecified atom stereocenters. The van der Waals surface area contributed by atoms with Crippen LogP contribution in [0, 0.1) is 13.8 Å². The van der Waals surface area contributed by atoms with Gasteiger partial charge in [-0.05, 0) is 45.4 Å². The molecule has 0 aliphatic rings. The summed E-state index contributed by atoms with van der Waals surface area (Å²) >= 11 is 0. The number of nitrogens with zero attached hydrogens (tertiary/aromatic N) is 5. The van der Waals surface area contributed by atoms with Crippen molar-refractivity contribution < 1.29 is 4.74 Å². The molecule has 126 valence electrons. The molecule has 1 aromatic carbocycles. The summed E-state index contributed by atoms with van der Waals surface area (Å²) in [5, 5.41) is 4.32. The van der Waals surface area contributed by atoms with Gasteiger partial charge in [-0.15, -0.1) is 0 Å². The van der Waals surface area contributed by atoms with E-state index in [0.29, 0.717) is 5.78 Å². The highest BCUT2D eigenvalue weighted by molar-refractivity contribution is 5.53. The first-order valence-corrected chi connectivity index (χ1v) is 8.09. The van der Waals surface area contributed by atoms with E-state index in [-0.39, 0.29) is 6.10 Å². The van der Waals surface area contributed by atoms with Gasteiger partial charge in [-0.1, -0.05) is 12.1 Å². The first kappa shape index (κ1) is 16.2. The fourth-order valence-electron chi connectivity index (χ4n) is 2.80. The van der Waals surface area contributed by atoms with Crippen molar-refractivity contribution in [3.8, 4) is 5.75 Å². The second-order valence-corrected chi connectivity index (χ2v) is 6.29. The molecule has 0 aliphatic carbocycles. The van der Waals surface area contributed by atoms with E-state index in [1.54, 1.807) is 4.52 Å². The standard InChI is InChI=1S/C18H23N5O/c1-12(2)24-16-8-6-7-15(9-16)10-22(5)17-13(3)14(4)21-18-19-11-20-23(17)18/h6-9,11-12H,10H2,1-5H3. The van der Waals surface area contributed by atoms with Gasteiger partial charge >= 0.3 is 0 Å². The summed E-state index contributed by atoms with van der Waals surface area (Å²) in [7, 11) is 2.05. The van der Waals surface area contributed by atoms with Crippen LogP contribution in [0.15, 0.2) is 30.6 Å². The van der Waals surface area contributed by atoms with Crippen LogP contribution in [-0.2, 0) is 6.54 Å². The highest BCUT2D eigenvalue weighted by atomic mass is 16.5. The van der Waals surface area contributed by atoms with Gasteiger partial charge in [0.25, 0.3) is 5.78 Å². The Hall–Kier alpha value is -2.63. The van der Waals surface area contributed by atoms with Crippen molar-refractivity contribution in [1.29, 1.82) is 0 Å². The molecule has 24 heavy (non-hydrogen) atoms. The van der Waals surface area contributed by atoms with Crippen molar-refractivity contribution in [2.75, 3.05) is 11.9 Å². The van der Waals surface area contributed by atoms with Crippen molar-refractivity contribution >= 4 is 11.6 Å². The Morgan fingerprint density at radius 1 is 1.25 bits per heavy atom. The molecule has 0 amide bonds. The number of anilines is 1. The van der Waals surface area contributed by atoms with Crippen molar-refractivity contribution in [3.05, 3.63) is 47.4 Å². The van der Waals surface area contributed by atoms with Crippen LogP contribution in [0.5, 0.6) is 5.75 Å². The first-order chi connectivity index (χ1) is 11.5. The van der Waals surface area contributed by atoms with E-state index in [0.717, 1.165) is 29.4 Å².